The molecule has 2 rings (SSSR count). The molecule has 0 radical (unpaired) electrons. The van der Waals surface area contributed by atoms with Gasteiger partial charge in [-0.25, -0.2) is 0 Å². The van der Waals surface area contributed by atoms with Crippen LogP contribution >= 0.6 is 15.9 Å². The summed E-state index contributed by atoms with van der Waals surface area (Å²) in [5.74, 6) is 0. The van der Waals surface area contributed by atoms with E-state index < -0.39 is 6.10 Å². The van der Waals surface area contributed by atoms with Gasteiger partial charge < -0.3 is 10.4 Å². The van der Waals surface area contributed by atoms with Crippen LogP contribution < -0.4 is 5.32 Å². The molecule has 2 aromatic carbocycles. The lowest BCUT2D eigenvalue weighted by molar-refractivity contribution is 0.176. The van der Waals surface area contributed by atoms with Gasteiger partial charge in [-0.15, -0.1) is 0 Å². The molecule has 1 atom stereocenters. The molecule has 2 nitrogen and oxygen atoms in total. The van der Waals surface area contributed by atoms with E-state index in [1.54, 1.807) is 0 Å². The van der Waals surface area contributed by atoms with Crippen molar-refractivity contribution < 1.29 is 5.11 Å². The summed E-state index contributed by atoms with van der Waals surface area (Å²) in [6, 6.07) is 14.2. The van der Waals surface area contributed by atoms with Crippen LogP contribution in [0.3, 0.4) is 0 Å². The van der Waals surface area contributed by atoms with Crippen molar-refractivity contribution in [2.45, 2.75) is 6.10 Å². The Morgan fingerprint density at radius 2 is 1.94 bits per heavy atom. The van der Waals surface area contributed by atoms with Crippen molar-refractivity contribution in [2.24, 2.45) is 0 Å². The number of hydrogen-bond acceptors (Lipinski definition) is 2. The summed E-state index contributed by atoms with van der Waals surface area (Å²) in [6.07, 6.45) is -0.499. The summed E-state index contributed by atoms with van der Waals surface area (Å²) >= 11 is 3.27. The Bertz CT molecular complexity index is 553. The fourth-order valence-electron chi connectivity index (χ4n) is 1.88. The molecule has 0 aliphatic heterocycles. The van der Waals surface area contributed by atoms with E-state index >= 15 is 0 Å². The molecule has 18 heavy (non-hydrogen) atoms. The van der Waals surface area contributed by atoms with Crippen molar-refractivity contribution in [1.29, 1.82) is 0 Å². The van der Waals surface area contributed by atoms with Crippen molar-refractivity contribution >= 4 is 26.7 Å². The maximum atomic E-state index is 10.1. The lowest BCUT2D eigenvalue weighted by Crippen LogP contribution is -2.22. The molecule has 1 unspecified atom stereocenters. The number of benzene rings is 2. The third-order valence-corrected chi connectivity index (χ3v) is 3.09. The fraction of sp³-hybridized carbons (Fsp3) is 0.200. The molecule has 0 aliphatic rings. The van der Waals surface area contributed by atoms with Gasteiger partial charge in [0.25, 0.3) is 0 Å². The van der Waals surface area contributed by atoms with Gasteiger partial charge in [0.1, 0.15) is 0 Å². The third kappa shape index (κ3) is 3.42. The van der Waals surface area contributed by atoms with Crippen LogP contribution in [-0.2, 0) is 0 Å². The number of fused-ring (bicyclic) bond motifs is 1. The predicted molar refractivity (Wildman–Crippen MR) is 79.8 cm³/mol. The van der Waals surface area contributed by atoms with E-state index in [-0.39, 0.29) is 0 Å². The first kappa shape index (κ1) is 13.3. The Balaban J connectivity index is 2.08. The van der Waals surface area contributed by atoms with Crippen molar-refractivity contribution in [2.75, 3.05) is 13.1 Å². The zero-order chi connectivity index (χ0) is 13.0. The molecule has 0 aliphatic carbocycles. The SMILES string of the molecule is C=C(Br)CNCC(O)c1ccc2ccccc2c1. The molecule has 3 heteroatoms. The second-order valence-electron chi connectivity index (χ2n) is 4.27. The monoisotopic (exact) mass is 305 g/mol. The molecule has 2 aromatic rings. The highest BCUT2D eigenvalue weighted by molar-refractivity contribution is 9.11. The molecule has 0 spiro atoms. The van der Waals surface area contributed by atoms with E-state index in [0.29, 0.717) is 13.1 Å². The number of halogens is 1. The topological polar surface area (TPSA) is 32.3 Å². The number of aliphatic hydroxyl groups excluding tert-OH is 1. The Morgan fingerprint density at radius 3 is 2.67 bits per heavy atom. The van der Waals surface area contributed by atoms with Gasteiger partial charge in [0.05, 0.1) is 6.10 Å². The fourth-order valence-corrected chi connectivity index (χ4v) is 2.08. The average Bonchev–Trinajstić information content (AvgIpc) is 2.37. The first-order valence-electron chi connectivity index (χ1n) is 5.87. The highest BCUT2D eigenvalue weighted by atomic mass is 79.9. The summed E-state index contributed by atoms with van der Waals surface area (Å²) in [7, 11) is 0. The molecule has 94 valence electrons. The van der Waals surface area contributed by atoms with E-state index in [1.165, 1.54) is 5.39 Å². The number of rotatable bonds is 5. The molecule has 0 fully saturated rings. The van der Waals surface area contributed by atoms with E-state index in [4.69, 9.17) is 0 Å². The van der Waals surface area contributed by atoms with Crippen LogP contribution in [0.1, 0.15) is 11.7 Å². The minimum absolute atomic E-state index is 0.499. The van der Waals surface area contributed by atoms with Gasteiger partial charge in [-0.3, -0.25) is 0 Å². The zero-order valence-corrected chi connectivity index (χ0v) is 11.7. The lowest BCUT2D eigenvalue weighted by atomic mass is 10.0. The molecule has 0 amide bonds. The summed E-state index contributed by atoms with van der Waals surface area (Å²) < 4.78 is 0.883. The molecule has 2 N–H and O–H groups in total. The second kappa shape index (κ2) is 6.14. The third-order valence-electron chi connectivity index (χ3n) is 2.81. The second-order valence-corrected chi connectivity index (χ2v) is 5.39. The Morgan fingerprint density at radius 1 is 1.22 bits per heavy atom. The van der Waals surface area contributed by atoms with Gasteiger partial charge in [-0.05, 0) is 22.4 Å². The number of nitrogens with one attached hydrogen (secondary N) is 1. The zero-order valence-electron chi connectivity index (χ0n) is 10.1. The lowest BCUT2D eigenvalue weighted by Gasteiger charge is -2.12. The van der Waals surface area contributed by atoms with Crippen molar-refractivity contribution in [3.05, 3.63) is 59.1 Å². The van der Waals surface area contributed by atoms with Crippen molar-refractivity contribution in [3.8, 4) is 0 Å². The smallest absolute Gasteiger partial charge is 0.0914 e. The Hall–Kier alpha value is -1.16. The molecule has 0 bridgehead atoms. The van der Waals surface area contributed by atoms with Crippen molar-refractivity contribution in [3.63, 3.8) is 0 Å². The predicted octanol–water partition coefficient (Wildman–Crippen LogP) is 3.37. The summed E-state index contributed by atoms with van der Waals surface area (Å²) in [5, 5.41) is 15.6. The van der Waals surface area contributed by atoms with Crippen LogP contribution in [0.2, 0.25) is 0 Å². The van der Waals surface area contributed by atoms with Gasteiger partial charge in [0.15, 0.2) is 0 Å². The van der Waals surface area contributed by atoms with Crippen LogP contribution in [0.15, 0.2) is 53.5 Å². The average molecular weight is 306 g/mol. The van der Waals surface area contributed by atoms with Crippen LogP contribution in [0.4, 0.5) is 0 Å². The van der Waals surface area contributed by atoms with E-state index in [0.717, 1.165) is 15.4 Å². The molecular formula is C15H16BrNO. The first-order valence-corrected chi connectivity index (χ1v) is 6.67. The molecule has 0 heterocycles. The summed E-state index contributed by atoms with van der Waals surface area (Å²) in [5.41, 5.74) is 0.932. The molecule has 0 saturated heterocycles. The van der Waals surface area contributed by atoms with E-state index in [1.807, 2.05) is 30.3 Å². The van der Waals surface area contributed by atoms with Gasteiger partial charge in [-0.1, -0.05) is 58.9 Å². The maximum Gasteiger partial charge on any atom is 0.0914 e. The quantitative estimate of drug-likeness (QED) is 0.887. The van der Waals surface area contributed by atoms with Gasteiger partial charge >= 0.3 is 0 Å². The highest BCUT2D eigenvalue weighted by Gasteiger charge is 2.07. The van der Waals surface area contributed by atoms with Crippen molar-refractivity contribution in [1.82, 2.24) is 5.32 Å². The van der Waals surface area contributed by atoms with Crippen LogP contribution in [-0.4, -0.2) is 18.2 Å². The summed E-state index contributed by atoms with van der Waals surface area (Å²) in [6.45, 7) is 4.91. The standard InChI is InChI=1S/C15H16BrNO/c1-11(16)9-17-10-15(18)14-7-6-12-4-2-3-5-13(12)8-14/h2-8,15,17-18H,1,9-10H2. The number of hydrogen-bond donors (Lipinski definition) is 2. The highest BCUT2D eigenvalue weighted by Crippen LogP contribution is 2.20. The first-order chi connectivity index (χ1) is 8.66. The van der Waals surface area contributed by atoms with Gasteiger partial charge in [-0.2, -0.15) is 0 Å². The van der Waals surface area contributed by atoms with Gasteiger partial charge in [0, 0.05) is 17.6 Å². The molecule has 0 aromatic heterocycles. The molecular weight excluding hydrogens is 290 g/mol. The summed E-state index contributed by atoms with van der Waals surface area (Å²) in [4.78, 5) is 0. The van der Waals surface area contributed by atoms with Crippen LogP contribution in [0.5, 0.6) is 0 Å². The maximum absolute atomic E-state index is 10.1. The number of aliphatic hydroxyl groups is 1. The normalized spacial score (nSPS) is 12.6. The van der Waals surface area contributed by atoms with E-state index in [9.17, 15) is 5.11 Å². The minimum atomic E-state index is -0.499. The van der Waals surface area contributed by atoms with Crippen LogP contribution in [0.25, 0.3) is 10.8 Å². The largest absolute Gasteiger partial charge is 0.387 e. The van der Waals surface area contributed by atoms with Crippen LogP contribution in [0, 0.1) is 0 Å². The molecule has 0 saturated carbocycles. The Labute approximate surface area is 115 Å². The Kier molecular flexibility index (Phi) is 4.53. The minimum Gasteiger partial charge on any atom is -0.387 e. The van der Waals surface area contributed by atoms with E-state index in [2.05, 4.69) is 40.0 Å². The van der Waals surface area contributed by atoms with Gasteiger partial charge in [0.2, 0.25) is 0 Å².